The normalized spacial score (nSPS) is 11.3. The molecule has 0 aliphatic heterocycles. The fourth-order valence-corrected chi connectivity index (χ4v) is 1.72. The number of aliphatic hydroxyl groups is 1. The van der Waals surface area contributed by atoms with Crippen LogP contribution in [0.2, 0.25) is 5.02 Å². The zero-order valence-electron chi connectivity index (χ0n) is 10.5. The minimum atomic E-state index is -4.69. The molecule has 0 aliphatic carbocycles. The molecular formula is C12H12ClF3O4. The van der Waals surface area contributed by atoms with Crippen LogP contribution in [0.4, 0.5) is 13.2 Å². The summed E-state index contributed by atoms with van der Waals surface area (Å²) in [6, 6.07) is 1.78. The average molecular weight is 313 g/mol. The summed E-state index contributed by atoms with van der Waals surface area (Å²) in [5.74, 6) is -0.934. The van der Waals surface area contributed by atoms with E-state index < -0.39 is 36.5 Å². The van der Waals surface area contributed by atoms with Crippen LogP contribution < -0.4 is 4.74 Å². The molecule has 1 rings (SSSR count). The second-order valence-electron chi connectivity index (χ2n) is 3.68. The summed E-state index contributed by atoms with van der Waals surface area (Å²) in [5.41, 5.74) is -1.55. The van der Waals surface area contributed by atoms with Crippen LogP contribution in [0, 0.1) is 0 Å². The second kappa shape index (κ2) is 6.81. The lowest BCUT2D eigenvalue weighted by molar-refractivity contribution is -0.145. The zero-order chi connectivity index (χ0) is 15.3. The number of halogens is 4. The Morgan fingerprint density at radius 1 is 1.40 bits per heavy atom. The largest absolute Gasteiger partial charge is 0.482 e. The van der Waals surface area contributed by atoms with Crippen molar-refractivity contribution < 1.29 is 32.5 Å². The Hall–Kier alpha value is -1.47. The maximum atomic E-state index is 12.8. The van der Waals surface area contributed by atoms with Gasteiger partial charge < -0.3 is 14.6 Å². The van der Waals surface area contributed by atoms with Crippen LogP contribution in [0.3, 0.4) is 0 Å². The van der Waals surface area contributed by atoms with Gasteiger partial charge in [0.1, 0.15) is 5.75 Å². The van der Waals surface area contributed by atoms with E-state index in [1.165, 1.54) is 0 Å². The van der Waals surface area contributed by atoms with E-state index in [4.69, 9.17) is 21.4 Å². The van der Waals surface area contributed by atoms with Crippen molar-refractivity contribution in [2.45, 2.75) is 19.7 Å². The molecule has 20 heavy (non-hydrogen) atoms. The van der Waals surface area contributed by atoms with Crippen LogP contribution in [0.5, 0.6) is 5.75 Å². The Bertz CT molecular complexity index is 488. The van der Waals surface area contributed by atoms with Gasteiger partial charge in [-0.25, -0.2) is 4.79 Å². The summed E-state index contributed by atoms with van der Waals surface area (Å²) in [6.07, 6.45) is -4.69. The Kier molecular flexibility index (Phi) is 5.64. The van der Waals surface area contributed by atoms with Crippen LogP contribution >= 0.6 is 11.6 Å². The monoisotopic (exact) mass is 312 g/mol. The molecule has 0 saturated heterocycles. The third kappa shape index (κ3) is 4.28. The molecule has 0 amide bonds. The van der Waals surface area contributed by atoms with E-state index in [9.17, 15) is 18.0 Å². The van der Waals surface area contributed by atoms with E-state index in [0.717, 1.165) is 6.07 Å². The highest BCUT2D eigenvalue weighted by Gasteiger charge is 2.35. The van der Waals surface area contributed by atoms with Crippen molar-refractivity contribution in [3.05, 3.63) is 28.3 Å². The van der Waals surface area contributed by atoms with Crippen molar-refractivity contribution in [3.63, 3.8) is 0 Å². The first kappa shape index (κ1) is 16.6. The van der Waals surface area contributed by atoms with Crippen LogP contribution in [0.1, 0.15) is 18.1 Å². The lowest BCUT2D eigenvalue weighted by atomic mass is 10.1. The van der Waals surface area contributed by atoms with Gasteiger partial charge in [0.05, 0.1) is 23.8 Å². The maximum Gasteiger partial charge on any atom is 0.416 e. The van der Waals surface area contributed by atoms with Gasteiger partial charge in [0.25, 0.3) is 0 Å². The van der Waals surface area contributed by atoms with Gasteiger partial charge in [-0.2, -0.15) is 13.2 Å². The summed E-state index contributed by atoms with van der Waals surface area (Å²) in [5, 5.41) is 8.65. The molecule has 0 atom stereocenters. The highest BCUT2D eigenvalue weighted by atomic mass is 35.5. The lowest BCUT2D eigenvalue weighted by Gasteiger charge is -2.15. The number of rotatable bonds is 5. The molecule has 1 aromatic carbocycles. The Labute approximate surface area is 118 Å². The first-order valence-electron chi connectivity index (χ1n) is 5.58. The number of benzene rings is 1. The number of carbonyl (C=O) groups excluding carboxylic acids is 1. The third-order valence-electron chi connectivity index (χ3n) is 2.29. The van der Waals surface area contributed by atoms with Gasteiger partial charge in [-0.15, -0.1) is 0 Å². The molecule has 0 heterocycles. The van der Waals surface area contributed by atoms with Crippen LogP contribution in [-0.2, 0) is 22.3 Å². The molecule has 0 spiro atoms. The van der Waals surface area contributed by atoms with Gasteiger partial charge in [0.15, 0.2) is 6.61 Å². The molecule has 0 radical (unpaired) electrons. The number of esters is 1. The Morgan fingerprint density at radius 2 is 2.05 bits per heavy atom. The van der Waals surface area contributed by atoms with Crippen molar-refractivity contribution in [1.29, 1.82) is 0 Å². The number of aliphatic hydroxyl groups excluding tert-OH is 1. The van der Waals surface area contributed by atoms with Gasteiger partial charge in [-0.05, 0) is 19.1 Å². The predicted molar refractivity (Wildman–Crippen MR) is 64.5 cm³/mol. The summed E-state index contributed by atoms with van der Waals surface area (Å²) < 4.78 is 47.9. The van der Waals surface area contributed by atoms with Crippen molar-refractivity contribution in [3.8, 4) is 5.75 Å². The second-order valence-corrected chi connectivity index (χ2v) is 4.09. The molecular weight excluding hydrogens is 301 g/mol. The minimum absolute atomic E-state index is 0.139. The van der Waals surface area contributed by atoms with Gasteiger partial charge in [0.2, 0.25) is 0 Å². The van der Waals surface area contributed by atoms with E-state index >= 15 is 0 Å². The van der Waals surface area contributed by atoms with Gasteiger partial charge >= 0.3 is 12.1 Å². The number of hydrogen-bond acceptors (Lipinski definition) is 4. The highest BCUT2D eigenvalue weighted by Crippen LogP contribution is 2.38. The van der Waals surface area contributed by atoms with Gasteiger partial charge in [-0.1, -0.05) is 11.6 Å². The molecule has 1 aromatic rings. The van der Waals surface area contributed by atoms with E-state index in [-0.39, 0.29) is 17.4 Å². The summed E-state index contributed by atoms with van der Waals surface area (Å²) in [7, 11) is 0. The van der Waals surface area contributed by atoms with E-state index in [1.807, 2.05) is 0 Å². The number of carbonyl (C=O) groups is 1. The smallest absolute Gasteiger partial charge is 0.416 e. The third-order valence-corrected chi connectivity index (χ3v) is 2.63. The highest BCUT2D eigenvalue weighted by molar-refractivity contribution is 6.31. The molecule has 0 aliphatic rings. The van der Waals surface area contributed by atoms with Crippen LogP contribution in [0.25, 0.3) is 0 Å². The summed E-state index contributed by atoms with van der Waals surface area (Å²) in [4.78, 5) is 11.1. The first-order chi connectivity index (χ1) is 9.29. The molecule has 1 N–H and O–H groups in total. The number of ether oxygens (including phenoxy) is 2. The average Bonchev–Trinajstić information content (AvgIpc) is 2.35. The molecule has 0 saturated carbocycles. The molecule has 0 bridgehead atoms. The summed E-state index contributed by atoms with van der Waals surface area (Å²) >= 11 is 5.66. The number of hydrogen-bond donors (Lipinski definition) is 1. The Balaban J connectivity index is 3.00. The topological polar surface area (TPSA) is 55.8 Å². The molecule has 0 aromatic heterocycles. The summed E-state index contributed by atoms with van der Waals surface area (Å²) in [6.45, 7) is 0.346. The van der Waals surface area contributed by atoms with Crippen molar-refractivity contribution in [2.24, 2.45) is 0 Å². The fraction of sp³-hybridized carbons (Fsp3) is 0.417. The lowest BCUT2D eigenvalue weighted by Crippen LogP contribution is -2.16. The van der Waals surface area contributed by atoms with Crippen LogP contribution in [-0.4, -0.2) is 24.3 Å². The molecule has 4 nitrogen and oxygen atoms in total. The van der Waals surface area contributed by atoms with Crippen LogP contribution in [0.15, 0.2) is 12.1 Å². The Morgan fingerprint density at radius 3 is 2.55 bits per heavy atom. The minimum Gasteiger partial charge on any atom is -0.482 e. The SMILES string of the molecule is CCOC(=O)COc1cc(Cl)c(CO)c(C(F)(F)F)c1. The standard InChI is InChI=1S/C12H12ClF3O4/c1-2-19-11(18)6-20-7-3-9(12(14,15)16)8(5-17)10(13)4-7/h3-4,17H,2,5-6H2,1H3. The molecule has 112 valence electrons. The van der Waals surface area contributed by atoms with Gasteiger partial charge in [-0.3, -0.25) is 0 Å². The maximum absolute atomic E-state index is 12.8. The van der Waals surface area contributed by atoms with Gasteiger partial charge in [0, 0.05) is 5.56 Å². The van der Waals surface area contributed by atoms with E-state index in [2.05, 4.69) is 4.74 Å². The van der Waals surface area contributed by atoms with E-state index in [0.29, 0.717) is 6.07 Å². The quantitative estimate of drug-likeness (QED) is 0.849. The van der Waals surface area contributed by atoms with Crippen molar-refractivity contribution in [1.82, 2.24) is 0 Å². The fourth-order valence-electron chi connectivity index (χ4n) is 1.45. The van der Waals surface area contributed by atoms with Crippen molar-refractivity contribution in [2.75, 3.05) is 13.2 Å². The van der Waals surface area contributed by atoms with Crippen molar-refractivity contribution >= 4 is 17.6 Å². The zero-order valence-corrected chi connectivity index (χ0v) is 11.2. The number of alkyl halides is 3. The predicted octanol–water partition coefficient (Wildman–Crippen LogP) is 2.79. The molecule has 0 unspecified atom stereocenters. The van der Waals surface area contributed by atoms with E-state index in [1.54, 1.807) is 6.92 Å². The first-order valence-corrected chi connectivity index (χ1v) is 5.96. The molecule has 0 fully saturated rings. The molecule has 8 heteroatoms.